The Bertz CT molecular complexity index is 336. The fraction of sp³-hybridized carbons (Fsp3) is 0.364. The first-order chi connectivity index (χ1) is 6.19. The largest absolute Gasteiger partial charge is 0.324 e. The lowest BCUT2D eigenvalue weighted by atomic mass is 10.0. The predicted molar refractivity (Wildman–Crippen MR) is 53.1 cm³/mol. The normalized spacial score (nSPS) is 12.2. The molecule has 68 valence electrons. The summed E-state index contributed by atoms with van der Waals surface area (Å²) in [5.74, 6) is 0. The van der Waals surface area contributed by atoms with Crippen LogP contribution in [0, 0.1) is 18.3 Å². The second-order valence-corrected chi connectivity index (χ2v) is 3.20. The lowest BCUT2D eigenvalue weighted by Crippen LogP contribution is -2.08. The van der Waals surface area contributed by atoms with Crippen molar-refractivity contribution >= 4 is 0 Å². The van der Waals surface area contributed by atoms with Crippen LogP contribution in [0.3, 0.4) is 0 Å². The van der Waals surface area contributed by atoms with Crippen LogP contribution in [-0.2, 0) is 0 Å². The Kier molecular flexibility index (Phi) is 3.05. The minimum absolute atomic E-state index is 0.0893. The van der Waals surface area contributed by atoms with Crippen molar-refractivity contribution in [3.8, 4) is 6.07 Å². The van der Waals surface area contributed by atoms with Crippen molar-refractivity contribution in [3.63, 3.8) is 0 Å². The molecule has 2 N–H and O–H groups in total. The van der Waals surface area contributed by atoms with Crippen LogP contribution in [0.2, 0.25) is 0 Å². The summed E-state index contributed by atoms with van der Waals surface area (Å²) in [5.41, 5.74) is 8.71. The van der Waals surface area contributed by atoms with E-state index < -0.39 is 0 Å². The Balaban J connectivity index is 3.04. The molecule has 0 heterocycles. The number of nitrogens with zero attached hydrogens (tertiary/aromatic N) is 1. The molecule has 0 spiro atoms. The number of hydrogen-bond donors (Lipinski definition) is 1. The van der Waals surface area contributed by atoms with Gasteiger partial charge in [-0.3, -0.25) is 0 Å². The number of benzene rings is 1. The third kappa shape index (κ3) is 2.07. The molecule has 1 aromatic carbocycles. The zero-order chi connectivity index (χ0) is 9.84. The smallest absolute Gasteiger partial charge is 0.0994 e. The molecule has 0 saturated heterocycles. The molecule has 2 nitrogen and oxygen atoms in total. The standard InChI is InChI=1S/C11H14N2/c1-3-11(13)9-4-5-10(7-12)8(2)6-9/h4-6,11H,3,13H2,1-2H3. The van der Waals surface area contributed by atoms with Crippen LogP contribution in [0.1, 0.15) is 36.1 Å². The fourth-order valence-electron chi connectivity index (χ4n) is 1.28. The van der Waals surface area contributed by atoms with Crippen LogP contribution in [0.15, 0.2) is 18.2 Å². The van der Waals surface area contributed by atoms with Crippen molar-refractivity contribution in [2.45, 2.75) is 26.3 Å². The highest BCUT2D eigenvalue weighted by Crippen LogP contribution is 2.17. The average molecular weight is 174 g/mol. The van der Waals surface area contributed by atoms with E-state index in [1.807, 2.05) is 25.1 Å². The summed E-state index contributed by atoms with van der Waals surface area (Å²) in [6.07, 6.45) is 0.922. The van der Waals surface area contributed by atoms with Crippen molar-refractivity contribution in [3.05, 3.63) is 34.9 Å². The molecule has 0 radical (unpaired) electrons. The molecule has 0 bridgehead atoms. The van der Waals surface area contributed by atoms with E-state index in [2.05, 4.69) is 13.0 Å². The van der Waals surface area contributed by atoms with E-state index in [-0.39, 0.29) is 6.04 Å². The minimum atomic E-state index is 0.0893. The van der Waals surface area contributed by atoms with Gasteiger partial charge < -0.3 is 5.73 Å². The fourth-order valence-corrected chi connectivity index (χ4v) is 1.28. The van der Waals surface area contributed by atoms with E-state index in [9.17, 15) is 0 Å². The van der Waals surface area contributed by atoms with Crippen LogP contribution in [0.5, 0.6) is 0 Å². The first kappa shape index (κ1) is 9.76. The van der Waals surface area contributed by atoms with Crippen molar-refractivity contribution in [2.75, 3.05) is 0 Å². The van der Waals surface area contributed by atoms with E-state index >= 15 is 0 Å². The molecule has 1 unspecified atom stereocenters. The van der Waals surface area contributed by atoms with Gasteiger partial charge in [0.25, 0.3) is 0 Å². The molecule has 0 amide bonds. The second kappa shape index (κ2) is 4.06. The highest BCUT2D eigenvalue weighted by Gasteiger charge is 2.04. The number of hydrogen-bond acceptors (Lipinski definition) is 2. The van der Waals surface area contributed by atoms with Crippen molar-refractivity contribution in [2.24, 2.45) is 5.73 Å². The Hall–Kier alpha value is -1.33. The molecule has 0 aliphatic carbocycles. The maximum Gasteiger partial charge on any atom is 0.0994 e. The summed E-state index contributed by atoms with van der Waals surface area (Å²) in [5, 5.41) is 8.72. The predicted octanol–water partition coefficient (Wildman–Crippen LogP) is 2.28. The maximum atomic E-state index is 8.72. The number of nitrogens with two attached hydrogens (primary N) is 1. The van der Waals surface area contributed by atoms with E-state index in [1.54, 1.807) is 0 Å². The first-order valence-electron chi connectivity index (χ1n) is 4.45. The molecule has 0 aliphatic rings. The number of aryl methyl sites for hydroxylation is 1. The third-order valence-corrected chi connectivity index (χ3v) is 2.24. The Morgan fingerprint density at radius 1 is 1.54 bits per heavy atom. The van der Waals surface area contributed by atoms with Gasteiger partial charge in [-0.05, 0) is 30.5 Å². The second-order valence-electron chi connectivity index (χ2n) is 3.20. The quantitative estimate of drug-likeness (QED) is 0.747. The van der Waals surface area contributed by atoms with E-state index in [1.165, 1.54) is 0 Å². The first-order valence-corrected chi connectivity index (χ1v) is 4.45. The Morgan fingerprint density at radius 2 is 2.23 bits per heavy atom. The van der Waals surface area contributed by atoms with Crippen LogP contribution >= 0.6 is 0 Å². The van der Waals surface area contributed by atoms with Crippen LogP contribution < -0.4 is 5.73 Å². The molecule has 1 atom stereocenters. The SMILES string of the molecule is CCC(N)c1ccc(C#N)c(C)c1. The van der Waals surface area contributed by atoms with Gasteiger partial charge in [-0.15, -0.1) is 0 Å². The van der Waals surface area contributed by atoms with Gasteiger partial charge in [0, 0.05) is 6.04 Å². The Labute approximate surface area is 79.0 Å². The summed E-state index contributed by atoms with van der Waals surface area (Å²) in [6.45, 7) is 3.99. The van der Waals surface area contributed by atoms with E-state index in [0.29, 0.717) is 0 Å². The molecular formula is C11H14N2. The average Bonchev–Trinajstić information content (AvgIpc) is 2.16. The molecule has 13 heavy (non-hydrogen) atoms. The van der Waals surface area contributed by atoms with Gasteiger partial charge in [-0.25, -0.2) is 0 Å². The molecule has 0 aliphatic heterocycles. The lowest BCUT2D eigenvalue weighted by Gasteiger charge is -2.10. The summed E-state index contributed by atoms with van der Waals surface area (Å²) in [6, 6.07) is 7.98. The molecule has 0 aromatic heterocycles. The molecule has 2 heteroatoms. The van der Waals surface area contributed by atoms with Gasteiger partial charge >= 0.3 is 0 Å². The van der Waals surface area contributed by atoms with Crippen LogP contribution in [0.4, 0.5) is 0 Å². The molecule has 0 fully saturated rings. The molecular weight excluding hydrogens is 160 g/mol. The van der Waals surface area contributed by atoms with Crippen LogP contribution in [-0.4, -0.2) is 0 Å². The van der Waals surface area contributed by atoms with Gasteiger partial charge in [0.05, 0.1) is 11.6 Å². The molecule has 1 aromatic rings. The monoisotopic (exact) mass is 174 g/mol. The molecule has 1 rings (SSSR count). The van der Waals surface area contributed by atoms with Gasteiger partial charge in [0.1, 0.15) is 0 Å². The minimum Gasteiger partial charge on any atom is -0.324 e. The van der Waals surface area contributed by atoms with E-state index in [4.69, 9.17) is 11.0 Å². The van der Waals surface area contributed by atoms with Crippen LogP contribution in [0.25, 0.3) is 0 Å². The zero-order valence-corrected chi connectivity index (χ0v) is 8.04. The summed E-state index contributed by atoms with van der Waals surface area (Å²) >= 11 is 0. The highest BCUT2D eigenvalue weighted by molar-refractivity contribution is 5.40. The number of rotatable bonds is 2. The van der Waals surface area contributed by atoms with Crippen molar-refractivity contribution in [1.29, 1.82) is 5.26 Å². The van der Waals surface area contributed by atoms with Crippen molar-refractivity contribution < 1.29 is 0 Å². The summed E-state index contributed by atoms with van der Waals surface area (Å²) in [7, 11) is 0. The van der Waals surface area contributed by atoms with E-state index in [0.717, 1.165) is 23.1 Å². The van der Waals surface area contributed by atoms with Gasteiger partial charge in [0.15, 0.2) is 0 Å². The van der Waals surface area contributed by atoms with Gasteiger partial charge in [-0.2, -0.15) is 5.26 Å². The summed E-state index contributed by atoms with van der Waals surface area (Å²) in [4.78, 5) is 0. The highest BCUT2D eigenvalue weighted by atomic mass is 14.6. The van der Waals surface area contributed by atoms with Crippen molar-refractivity contribution in [1.82, 2.24) is 0 Å². The number of nitriles is 1. The summed E-state index contributed by atoms with van der Waals surface area (Å²) < 4.78 is 0. The van der Waals surface area contributed by atoms with Gasteiger partial charge in [-0.1, -0.05) is 19.1 Å². The third-order valence-electron chi connectivity index (χ3n) is 2.24. The zero-order valence-electron chi connectivity index (χ0n) is 8.04. The Morgan fingerprint density at radius 3 is 2.69 bits per heavy atom. The van der Waals surface area contributed by atoms with Gasteiger partial charge in [0.2, 0.25) is 0 Å². The molecule has 0 saturated carbocycles. The lowest BCUT2D eigenvalue weighted by molar-refractivity contribution is 0.698. The maximum absolute atomic E-state index is 8.72. The topological polar surface area (TPSA) is 49.8 Å².